The van der Waals surface area contributed by atoms with Crippen LogP contribution in [-0.4, -0.2) is 14.5 Å². The van der Waals surface area contributed by atoms with E-state index in [4.69, 9.17) is 4.98 Å². The molecule has 0 N–H and O–H groups in total. The quantitative estimate of drug-likeness (QED) is 0.358. The Morgan fingerprint density at radius 3 is 1.50 bits per heavy atom. The van der Waals surface area contributed by atoms with Crippen LogP contribution in [0.15, 0.2) is 128 Å². The maximum Gasteiger partial charge on any atom is 0.121 e. The Labute approximate surface area is 176 Å². The Morgan fingerprint density at radius 1 is 0.567 bits per heavy atom. The van der Waals surface area contributed by atoms with Gasteiger partial charge in [0.25, 0.3) is 0 Å². The first kappa shape index (κ1) is 18.1. The molecule has 3 heteroatoms. The second-order valence-corrected chi connectivity index (χ2v) is 7.21. The molecule has 0 amide bonds. The van der Waals surface area contributed by atoms with E-state index in [-0.39, 0.29) is 0 Å². The van der Waals surface area contributed by atoms with E-state index in [9.17, 15) is 0 Å². The zero-order chi connectivity index (χ0) is 20.2. The minimum Gasteiger partial charge on any atom is -0.318 e. The summed E-state index contributed by atoms with van der Waals surface area (Å²) in [6.07, 6.45) is 7.66. The van der Waals surface area contributed by atoms with E-state index in [1.807, 2.05) is 18.5 Å². The fourth-order valence-corrected chi connectivity index (χ4v) is 4.16. The average Bonchev–Trinajstić information content (AvgIpc) is 3.33. The molecule has 0 bridgehead atoms. The molecule has 3 nitrogen and oxygen atoms in total. The van der Waals surface area contributed by atoms with Gasteiger partial charge in [-0.2, -0.15) is 0 Å². The standard InChI is InChI=1S/C27H21N3/c1-4-10-23(11-5-1)27(24-12-6-2-7-13-24,25-14-8-3-9-15-25)30-20-26(29-21-30)22-16-18-28-19-17-22/h1-21H. The van der Waals surface area contributed by atoms with Gasteiger partial charge in [-0.3, -0.25) is 4.98 Å². The van der Waals surface area contributed by atoms with Gasteiger partial charge in [0.05, 0.1) is 12.0 Å². The van der Waals surface area contributed by atoms with Crippen LogP contribution in [0.3, 0.4) is 0 Å². The van der Waals surface area contributed by atoms with Crippen LogP contribution in [-0.2, 0) is 5.54 Å². The largest absolute Gasteiger partial charge is 0.318 e. The monoisotopic (exact) mass is 387 g/mol. The molecule has 5 rings (SSSR count). The van der Waals surface area contributed by atoms with E-state index in [0.29, 0.717) is 0 Å². The van der Waals surface area contributed by atoms with Crippen molar-refractivity contribution in [2.45, 2.75) is 5.54 Å². The molecule has 0 radical (unpaired) electrons. The zero-order valence-corrected chi connectivity index (χ0v) is 16.5. The van der Waals surface area contributed by atoms with Crippen molar-refractivity contribution >= 4 is 0 Å². The number of rotatable bonds is 5. The van der Waals surface area contributed by atoms with Gasteiger partial charge in [0.2, 0.25) is 0 Å². The Morgan fingerprint density at radius 2 is 1.03 bits per heavy atom. The first-order valence-corrected chi connectivity index (χ1v) is 10.0. The maximum atomic E-state index is 4.76. The lowest BCUT2D eigenvalue weighted by atomic mass is 9.77. The van der Waals surface area contributed by atoms with Crippen molar-refractivity contribution in [3.05, 3.63) is 145 Å². The molecule has 0 aliphatic rings. The summed E-state index contributed by atoms with van der Waals surface area (Å²) in [5, 5.41) is 0. The minimum absolute atomic E-state index is 0.540. The molecule has 2 heterocycles. The van der Waals surface area contributed by atoms with Crippen LogP contribution in [0.4, 0.5) is 0 Å². The van der Waals surface area contributed by atoms with Gasteiger partial charge < -0.3 is 4.57 Å². The Hall–Kier alpha value is -3.98. The van der Waals surface area contributed by atoms with Crippen molar-refractivity contribution in [2.24, 2.45) is 0 Å². The van der Waals surface area contributed by atoms with Gasteiger partial charge >= 0.3 is 0 Å². The number of nitrogens with zero attached hydrogens (tertiary/aromatic N) is 3. The van der Waals surface area contributed by atoms with Crippen molar-refractivity contribution < 1.29 is 0 Å². The number of hydrogen-bond donors (Lipinski definition) is 0. The minimum atomic E-state index is -0.540. The Balaban J connectivity index is 1.82. The van der Waals surface area contributed by atoms with Gasteiger partial charge in [-0.1, -0.05) is 91.0 Å². The summed E-state index contributed by atoms with van der Waals surface area (Å²) >= 11 is 0. The van der Waals surface area contributed by atoms with Gasteiger partial charge in [0, 0.05) is 24.2 Å². The predicted octanol–water partition coefficient (Wildman–Crippen LogP) is 5.79. The molecule has 144 valence electrons. The van der Waals surface area contributed by atoms with Gasteiger partial charge in [0.15, 0.2) is 0 Å². The van der Waals surface area contributed by atoms with Gasteiger partial charge in [-0.05, 0) is 28.8 Å². The van der Waals surface area contributed by atoms with E-state index in [2.05, 4.69) is 107 Å². The molecule has 3 aromatic carbocycles. The van der Waals surface area contributed by atoms with Crippen molar-refractivity contribution in [1.29, 1.82) is 0 Å². The summed E-state index contributed by atoms with van der Waals surface area (Å²) in [4.78, 5) is 8.90. The summed E-state index contributed by atoms with van der Waals surface area (Å²) < 4.78 is 2.22. The summed E-state index contributed by atoms with van der Waals surface area (Å²) in [5.74, 6) is 0. The second kappa shape index (κ2) is 7.80. The number of hydrogen-bond acceptors (Lipinski definition) is 2. The predicted molar refractivity (Wildman–Crippen MR) is 120 cm³/mol. The summed E-state index contributed by atoms with van der Waals surface area (Å²) in [6, 6.07) is 35.8. The number of benzene rings is 3. The van der Waals surface area contributed by atoms with Crippen LogP contribution in [0.5, 0.6) is 0 Å². The van der Waals surface area contributed by atoms with Crippen molar-refractivity contribution in [1.82, 2.24) is 14.5 Å². The SMILES string of the molecule is c1ccc(C(c2ccccc2)(c2ccccc2)n2cnc(-c3ccncc3)c2)cc1. The van der Waals surface area contributed by atoms with E-state index >= 15 is 0 Å². The third kappa shape index (κ3) is 3.01. The maximum absolute atomic E-state index is 4.76. The average molecular weight is 387 g/mol. The van der Waals surface area contributed by atoms with Crippen LogP contribution in [0.1, 0.15) is 16.7 Å². The first-order chi connectivity index (χ1) is 14.9. The Kier molecular flexibility index (Phi) is 4.70. The van der Waals surface area contributed by atoms with E-state index < -0.39 is 5.54 Å². The fourth-order valence-electron chi connectivity index (χ4n) is 4.16. The van der Waals surface area contributed by atoms with Gasteiger partial charge in [-0.15, -0.1) is 0 Å². The fraction of sp³-hybridized carbons (Fsp3) is 0.0370. The lowest BCUT2D eigenvalue weighted by molar-refractivity contribution is 0.515. The molecule has 5 aromatic rings. The van der Waals surface area contributed by atoms with Gasteiger partial charge in [-0.25, -0.2) is 4.98 Å². The van der Waals surface area contributed by atoms with Crippen LogP contribution in [0.25, 0.3) is 11.3 Å². The topological polar surface area (TPSA) is 30.7 Å². The summed E-state index contributed by atoms with van der Waals surface area (Å²) in [6.45, 7) is 0. The van der Waals surface area contributed by atoms with E-state index in [1.165, 1.54) is 16.7 Å². The van der Waals surface area contributed by atoms with Crippen molar-refractivity contribution in [3.63, 3.8) is 0 Å². The number of pyridine rings is 1. The second-order valence-electron chi connectivity index (χ2n) is 7.21. The normalized spacial score (nSPS) is 11.3. The van der Waals surface area contributed by atoms with Crippen molar-refractivity contribution in [3.8, 4) is 11.3 Å². The molecular weight excluding hydrogens is 366 g/mol. The smallest absolute Gasteiger partial charge is 0.121 e. The lowest BCUT2D eigenvalue weighted by Gasteiger charge is -2.37. The molecule has 0 unspecified atom stereocenters. The van der Waals surface area contributed by atoms with Crippen LogP contribution < -0.4 is 0 Å². The molecule has 0 saturated heterocycles. The Bertz CT molecular complexity index is 1120. The van der Waals surface area contributed by atoms with E-state index in [0.717, 1.165) is 11.3 Å². The van der Waals surface area contributed by atoms with Crippen LogP contribution >= 0.6 is 0 Å². The first-order valence-electron chi connectivity index (χ1n) is 10.0. The summed E-state index contributed by atoms with van der Waals surface area (Å²) in [7, 11) is 0. The highest BCUT2D eigenvalue weighted by Crippen LogP contribution is 2.41. The highest BCUT2D eigenvalue weighted by Gasteiger charge is 2.38. The van der Waals surface area contributed by atoms with Gasteiger partial charge in [0.1, 0.15) is 5.54 Å². The molecule has 0 atom stereocenters. The third-order valence-corrected chi connectivity index (χ3v) is 5.52. The van der Waals surface area contributed by atoms with Crippen LogP contribution in [0, 0.1) is 0 Å². The molecule has 0 aliphatic heterocycles. The molecule has 0 saturated carbocycles. The number of imidazole rings is 1. The zero-order valence-electron chi connectivity index (χ0n) is 16.5. The third-order valence-electron chi connectivity index (χ3n) is 5.52. The molecule has 2 aromatic heterocycles. The number of aromatic nitrogens is 3. The summed E-state index contributed by atoms with van der Waals surface area (Å²) in [5.41, 5.74) is 4.97. The van der Waals surface area contributed by atoms with E-state index in [1.54, 1.807) is 12.4 Å². The van der Waals surface area contributed by atoms with Crippen LogP contribution in [0.2, 0.25) is 0 Å². The molecule has 0 spiro atoms. The molecule has 30 heavy (non-hydrogen) atoms. The lowest BCUT2D eigenvalue weighted by Crippen LogP contribution is -2.36. The highest BCUT2D eigenvalue weighted by molar-refractivity contribution is 5.59. The molecule has 0 aliphatic carbocycles. The van der Waals surface area contributed by atoms with Crippen molar-refractivity contribution in [2.75, 3.05) is 0 Å². The molecule has 0 fully saturated rings. The highest BCUT2D eigenvalue weighted by atomic mass is 15.1. The molecular formula is C27H21N3.